The van der Waals surface area contributed by atoms with Crippen LogP contribution in [0.4, 0.5) is 0 Å². The zero-order chi connectivity index (χ0) is 20.8. The predicted molar refractivity (Wildman–Crippen MR) is 136 cm³/mol. The smallest absolute Gasteiger partial charge is 0.0836 e. The molecule has 0 spiro atoms. The average molecular weight is 448 g/mol. The Bertz CT molecular complexity index is 1010. The molecule has 0 aliphatic heterocycles. The molecule has 0 amide bonds. The molecule has 0 fully saturated rings. The van der Waals surface area contributed by atoms with Gasteiger partial charge in [-0.15, -0.1) is 0 Å². The average Bonchev–Trinajstić information content (AvgIpc) is 2.80. The third kappa shape index (κ3) is 4.23. The Balaban J connectivity index is 1.88. The Morgan fingerprint density at radius 2 is 0.933 bits per heavy atom. The summed E-state index contributed by atoms with van der Waals surface area (Å²) in [5.41, 5.74) is 0.869. The van der Waals surface area contributed by atoms with Gasteiger partial charge in [-0.05, 0) is 54.6 Å². The van der Waals surface area contributed by atoms with Gasteiger partial charge in [-0.25, -0.2) is 0 Å². The van der Waals surface area contributed by atoms with Gasteiger partial charge in [-0.2, -0.15) is 0 Å². The van der Waals surface area contributed by atoms with Crippen molar-refractivity contribution in [2.45, 2.75) is 0 Å². The Morgan fingerprint density at radius 3 is 1.33 bits per heavy atom. The van der Waals surface area contributed by atoms with E-state index >= 15 is 0 Å². The first-order chi connectivity index (χ1) is 14.7. The van der Waals surface area contributed by atoms with E-state index in [4.69, 9.17) is 23.2 Å². The maximum absolute atomic E-state index is 6.40. The van der Waals surface area contributed by atoms with Gasteiger partial charge in [-0.1, -0.05) is 89.9 Å². The summed E-state index contributed by atoms with van der Waals surface area (Å²) in [5.74, 6) is 0. The van der Waals surface area contributed by atoms with E-state index in [-0.39, 0.29) is 0 Å². The monoisotopic (exact) mass is 447 g/mol. The molecule has 4 aromatic carbocycles. The van der Waals surface area contributed by atoms with Crippen molar-refractivity contribution in [3.8, 4) is 0 Å². The van der Waals surface area contributed by atoms with Crippen molar-refractivity contribution in [2.24, 2.45) is 0 Å². The van der Waals surface area contributed by atoms with Crippen LogP contribution in [0.25, 0.3) is 6.08 Å². The molecule has 148 valence electrons. The lowest BCUT2D eigenvalue weighted by atomic mass is 10.2. The minimum atomic E-state index is -1.89. The molecule has 0 unspecified atom stereocenters. The first kappa shape index (κ1) is 20.9. The van der Waals surface area contributed by atoms with Gasteiger partial charge < -0.3 is 0 Å². The van der Waals surface area contributed by atoms with Gasteiger partial charge >= 0.3 is 0 Å². The van der Waals surface area contributed by atoms with E-state index in [9.17, 15) is 0 Å². The molecule has 0 atom stereocenters. The molecule has 0 N–H and O–H groups in total. The number of rotatable bonds is 6. The lowest BCUT2D eigenvalue weighted by Crippen LogP contribution is -2.32. The number of hydrogen-bond donors (Lipinski definition) is 0. The van der Waals surface area contributed by atoms with E-state index in [1.165, 1.54) is 15.9 Å². The van der Waals surface area contributed by atoms with Crippen molar-refractivity contribution >= 4 is 52.5 Å². The molecule has 0 radical (unpaired) electrons. The van der Waals surface area contributed by atoms with Gasteiger partial charge in [0.2, 0.25) is 0 Å². The molecule has 0 saturated heterocycles. The Morgan fingerprint density at radius 1 is 0.533 bits per heavy atom. The highest BCUT2D eigenvalue weighted by molar-refractivity contribution is 7.95. The van der Waals surface area contributed by atoms with Crippen LogP contribution < -0.4 is 15.9 Å². The van der Waals surface area contributed by atoms with E-state index in [0.717, 1.165) is 11.7 Å². The molecule has 0 aliphatic carbocycles. The lowest BCUT2D eigenvalue weighted by Gasteiger charge is -2.26. The van der Waals surface area contributed by atoms with E-state index in [1.807, 2.05) is 18.2 Å². The molecule has 4 rings (SSSR count). The van der Waals surface area contributed by atoms with Gasteiger partial charge in [0.15, 0.2) is 0 Å². The van der Waals surface area contributed by atoms with Crippen LogP contribution >= 0.6 is 30.5 Å². The highest BCUT2D eigenvalue weighted by atomic mass is 35.5. The molecule has 0 saturated carbocycles. The van der Waals surface area contributed by atoms with Crippen LogP contribution in [0.1, 0.15) is 5.56 Å². The molecular weight excluding hydrogens is 426 g/mol. The maximum atomic E-state index is 6.40. The Hall–Kier alpha value is -2.37. The summed E-state index contributed by atoms with van der Waals surface area (Å²) >= 11 is 12.8. The SMILES string of the molecule is Clc1cccc(Cl)c1/C=C\C[P+](c1ccccc1)(c1ccccc1)c1ccccc1. The fourth-order valence-electron chi connectivity index (χ4n) is 3.81. The predicted octanol–water partition coefficient (Wildman–Crippen LogP) is 7.00. The first-order valence-corrected chi connectivity index (χ1v) is 12.6. The molecular formula is C27H22Cl2P+. The van der Waals surface area contributed by atoms with Gasteiger partial charge in [0.1, 0.15) is 23.2 Å². The van der Waals surface area contributed by atoms with Crippen molar-refractivity contribution in [1.29, 1.82) is 0 Å². The number of benzene rings is 4. The summed E-state index contributed by atoms with van der Waals surface area (Å²) in [5, 5.41) is 5.41. The highest BCUT2D eigenvalue weighted by Crippen LogP contribution is 2.55. The van der Waals surface area contributed by atoms with Crippen molar-refractivity contribution < 1.29 is 0 Å². The summed E-state index contributed by atoms with van der Waals surface area (Å²) in [7, 11) is -1.89. The zero-order valence-corrected chi connectivity index (χ0v) is 18.9. The third-order valence-electron chi connectivity index (χ3n) is 5.25. The maximum Gasteiger partial charge on any atom is 0.115 e. The first-order valence-electron chi connectivity index (χ1n) is 9.87. The van der Waals surface area contributed by atoms with Crippen LogP contribution in [0.2, 0.25) is 10.0 Å². The van der Waals surface area contributed by atoms with Crippen molar-refractivity contribution in [3.63, 3.8) is 0 Å². The fourth-order valence-corrected chi connectivity index (χ4v) is 8.32. The topological polar surface area (TPSA) is 0 Å². The molecule has 3 heteroatoms. The largest absolute Gasteiger partial charge is 0.115 e. The fraction of sp³-hybridized carbons (Fsp3) is 0.0370. The molecule has 0 aromatic heterocycles. The van der Waals surface area contributed by atoms with E-state index in [1.54, 1.807) is 0 Å². The van der Waals surface area contributed by atoms with Crippen molar-refractivity contribution in [1.82, 2.24) is 0 Å². The molecule has 30 heavy (non-hydrogen) atoms. The van der Waals surface area contributed by atoms with Crippen LogP contribution in [0.15, 0.2) is 115 Å². The molecule has 0 bridgehead atoms. The summed E-state index contributed by atoms with van der Waals surface area (Å²) in [6.07, 6.45) is 5.18. The number of hydrogen-bond acceptors (Lipinski definition) is 0. The van der Waals surface area contributed by atoms with Gasteiger partial charge in [0.25, 0.3) is 0 Å². The molecule has 4 aromatic rings. The van der Waals surface area contributed by atoms with Gasteiger partial charge in [0.05, 0.1) is 6.16 Å². The highest BCUT2D eigenvalue weighted by Gasteiger charge is 2.44. The van der Waals surface area contributed by atoms with Crippen molar-refractivity contribution in [2.75, 3.05) is 6.16 Å². The van der Waals surface area contributed by atoms with Crippen molar-refractivity contribution in [3.05, 3.63) is 131 Å². The quantitative estimate of drug-likeness (QED) is 0.279. The van der Waals surface area contributed by atoms with Crippen LogP contribution in [0.3, 0.4) is 0 Å². The normalized spacial score (nSPS) is 11.7. The van der Waals surface area contributed by atoms with Gasteiger partial charge in [-0.3, -0.25) is 0 Å². The second-order valence-corrected chi connectivity index (χ2v) is 11.4. The Labute approximate surface area is 189 Å². The standard InChI is InChI=1S/C27H22Cl2P/c28-26-19-10-20-27(29)25(26)18-11-21-30(22-12-4-1-5-13-22,23-14-6-2-7-15-23)24-16-8-3-9-17-24/h1-20H,21H2/q+1/b18-11-. The molecule has 0 heterocycles. The lowest BCUT2D eigenvalue weighted by molar-refractivity contribution is 1.62. The summed E-state index contributed by atoms with van der Waals surface area (Å²) in [4.78, 5) is 0. The summed E-state index contributed by atoms with van der Waals surface area (Å²) in [6.45, 7) is 0. The summed E-state index contributed by atoms with van der Waals surface area (Å²) in [6, 6.07) is 38.2. The second-order valence-electron chi connectivity index (χ2n) is 7.04. The zero-order valence-electron chi connectivity index (χ0n) is 16.5. The van der Waals surface area contributed by atoms with Crippen LogP contribution in [0.5, 0.6) is 0 Å². The molecule has 0 aliphatic rings. The van der Waals surface area contributed by atoms with Crippen LogP contribution in [-0.4, -0.2) is 6.16 Å². The third-order valence-corrected chi connectivity index (χ3v) is 10.2. The van der Waals surface area contributed by atoms with Gasteiger partial charge in [0, 0.05) is 15.6 Å². The van der Waals surface area contributed by atoms with Crippen LogP contribution in [0, 0.1) is 0 Å². The Kier molecular flexibility index (Phi) is 6.70. The molecule has 0 nitrogen and oxygen atoms in total. The summed E-state index contributed by atoms with van der Waals surface area (Å²) < 4.78 is 0. The number of halogens is 2. The minimum absolute atomic E-state index is 0.668. The van der Waals surface area contributed by atoms with E-state index in [2.05, 4.69) is 103 Å². The minimum Gasteiger partial charge on any atom is -0.0836 e. The second kappa shape index (κ2) is 9.63. The van der Waals surface area contributed by atoms with Crippen LogP contribution in [-0.2, 0) is 0 Å². The van der Waals surface area contributed by atoms with E-state index in [0.29, 0.717) is 10.0 Å². The number of allylic oxidation sites excluding steroid dienone is 1. The van der Waals surface area contributed by atoms with E-state index < -0.39 is 7.26 Å².